The maximum Gasteiger partial charge on any atom is 0.407 e. The van der Waals surface area contributed by atoms with Crippen molar-refractivity contribution in [1.82, 2.24) is 26.6 Å². The molecule has 5 amide bonds. The van der Waals surface area contributed by atoms with Gasteiger partial charge in [0.25, 0.3) is 0 Å². The molecule has 0 aliphatic carbocycles. The Balaban J connectivity index is 0.000000501. The van der Waals surface area contributed by atoms with Gasteiger partial charge in [0.05, 0.1) is 49.1 Å². The molecule has 0 aromatic heterocycles. The van der Waals surface area contributed by atoms with Gasteiger partial charge in [0.15, 0.2) is 11.6 Å². The van der Waals surface area contributed by atoms with E-state index in [1.165, 1.54) is 0 Å². The minimum atomic E-state index is -4.09. The number of nitrogens with two attached hydrogens (primary N) is 1. The molecule has 9 N–H and O–H groups in total. The molecule has 95 heavy (non-hydrogen) atoms. The van der Waals surface area contributed by atoms with Crippen molar-refractivity contribution in [3.8, 4) is 24.7 Å². The number of terminal acetylenes is 2. The second kappa shape index (κ2) is 44.1. The lowest BCUT2D eigenvalue weighted by Crippen LogP contribution is -2.47. The van der Waals surface area contributed by atoms with Gasteiger partial charge in [-0.1, -0.05) is 11.8 Å². The number of anilines is 2. The molecular weight excluding hydrogens is 1300 g/mol. The Morgan fingerprint density at radius 1 is 0.547 bits per heavy atom. The second-order valence-electron chi connectivity index (χ2n) is 22.4. The van der Waals surface area contributed by atoms with Crippen LogP contribution in [0.25, 0.3) is 0 Å². The largest absolute Gasteiger partial charge is 0.444 e. The number of ether oxygens (including phenoxy) is 1. The summed E-state index contributed by atoms with van der Waals surface area (Å²) in [5.41, 5.74) is 10.6. The van der Waals surface area contributed by atoms with E-state index >= 15 is 0 Å². The number of nitrogens with one attached hydrogen (secondary N) is 5. The number of carbonyl (C=O) groups is 7. The summed E-state index contributed by atoms with van der Waals surface area (Å²) in [7, 11) is 7.83. The highest BCUT2D eigenvalue weighted by Crippen LogP contribution is 2.56. The average molecular weight is 1390 g/mol. The van der Waals surface area contributed by atoms with Crippen LogP contribution < -0.4 is 42.1 Å². The molecule has 0 spiro atoms. The van der Waals surface area contributed by atoms with Crippen LogP contribution in [-0.4, -0.2) is 148 Å². The molecular formula is C65H90N12O14P2S2. The van der Waals surface area contributed by atoms with E-state index < -0.39 is 61.0 Å². The summed E-state index contributed by atoms with van der Waals surface area (Å²) in [5, 5.41) is 29.8. The number of azo groups is 2. The molecule has 4 atom stereocenters. The zero-order valence-corrected chi connectivity index (χ0v) is 58.4. The van der Waals surface area contributed by atoms with Crippen molar-refractivity contribution in [2.24, 2.45) is 26.2 Å². The van der Waals surface area contributed by atoms with Gasteiger partial charge in [-0.3, -0.25) is 28.8 Å². The monoisotopic (exact) mass is 1390 g/mol. The summed E-state index contributed by atoms with van der Waals surface area (Å²) in [6.45, 7) is -2.24. The lowest BCUT2D eigenvalue weighted by atomic mass is 10.1. The average Bonchev–Trinajstić information content (AvgIpc) is 1.12. The molecule has 4 unspecified atom stereocenters. The fraction of sp³-hybridized carbons (Fsp3) is 0.462. The van der Waals surface area contributed by atoms with Gasteiger partial charge in [0, 0.05) is 94.4 Å². The highest BCUT2D eigenvalue weighted by atomic mass is 32.7. The number of amides is 5. The van der Waals surface area contributed by atoms with Gasteiger partial charge in [-0.25, -0.2) is 13.9 Å². The number of nitrogens with zero attached hydrogens (tertiary/aromatic N) is 6. The third-order valence-electron chi connectivity index (χ3n) is 13.0. The second-order valence-corrected chi connectivity index (χ2v) is 30.5. The number of Topliss-reactive ketones (excluding diaryl/α,β-unsaturated/α-hetero) is 2. The van der Waals surface area contributed by atoms with Crippen molar-refractivity contribution >= 4 is 112 Å². The number of hydrogen-bond acceptors (Lipinski definition) is 21. The first kappa shape index (κ1) is 81.5. The van der Waals surface area contributed by atoms with Gasteiger partial charge in [0.2, 0.25) is 23.6 Å². The molecule has 4 rings (SSSR count). The zero-order valence-electron chi connectivity index (χ0n) is 55.0. The lowest BCUT2D eigenvalue weighted by Gasteiger charge is -2.20. The quantitative estimate of drug-likeness (QED) is 0.00673. The van der Waals surface area contributed by atoms with Crippen LogP contribution in [0.4, 0.5) is 38.9 Å². The highest BCUT2D eigenvalue weighted by molar-refractivity contribution is 8.55. The van der Waals surface area contributed by atoms with Crippen LogP contribution in [0, 0.1) is 24.7 Å². The van der Waals surface area contributed by atoms with Crippen molar-refractivity contribution in [2.45, 2.75) is 116 Å². The first-order chi connectivity index (χ1) is 45.1. The summed E-state index contributed by atoms with van der Waals surface area (Å²) in [6.07, 6.45) is 13.4. The normalized spacial score (nSPS) is 13.1. The van der Waals surface area contributed by atoms with E-state index in [1.807, 2.05) is 86.5 Å². The van der Waals surface area contributed by atoms with E-state index in [2.05, 4.69) is 58.9 Å². The molecule has 0 saturated heterocycles. The highest BCUT2D eigenvalue weighted by Gasteiger charge is 2.26. The molecule has 0 bridgehead atoms. The van der Waals surface area contributed by atoms with E-state index in [0.29, 0.717) is 102 Å². The molecule has 0 heterocycles. The Morgan fingerprint density at radius 3 is 1.24 bits per heavy atom. The predicted molar refractivity (Wildman–Crippen MR) is 374 cm³/mol. The number of hydrogen-bond donors (Lipinski definition) is 8. The maximum absolute atomic E-state index is 12.6. The van der Waals surface area contributed by atoms with E-state index in [4.69, 9.17) is 32.4 Å². The standard InChI is InChI=1S/C35H49N6O8PS.C30H41N6O6PS/c1-7-22-36-33(44)30(11-8-9-23-37-34(45)49-35(2,3)4)38-32(43)21-25-51-50(46,47)48-24-10-12-31(42)26-13-15-27(16-14-26)39-40-28-17-19-29(20-18-28)41(5)6;1-4-20-32-30(39)27(8-5-6-19-31)33-29(38)18-22-44-43(40,41)42-21-7-9-28(37)23-10-12-24(13-11-23)34-35-25-14-16-26(17-15-25)36(2)3/h1,13-20,30H,8-12,21-25H2,2-6H3,(H,36,44)(H,37,45)(H,38,43)(H,46,47);1,10-17,27H,5-9,18-22,31H2,2-3H3,(H,32,39)(H,33,38)(H,40,41). The molecule has 0 aliphatic heterocycles. The van der Waals surface area contributed by atoms with Crippen molar-refractivity contribution < 1.29 is 66.3 Å². The van der Waals surface area contributed by atoms with Crippen LogP contribution in [0.15, 0.2) is 118 Å². The minimum Gasteiger partial charge on any atom is -0.444 e. The Labute approximate surface area is 565 Å². The van der Waals surface area contributed by atoms with Gasteiger partial charge in [-0.15, -0.1) is 12.8 Å². The zero-order chi connectivity index (χ0) is 70.2. The van der Waals surface area contributed by atoms with E-state index in [1.54, 1.807) is 69.3 Å². The van der Waals surface area contributed by atoms with Crippen molar-refractivity contribution in [3.05, 3.63) is 108 Å². The van der Waals surface area contributed by atoms with Crippen LogP contribution >= 0.6 is 36.4 Å². The van der Waals surface area contributed by atoms with Crippen LogP contribution in [-0.2, 0) is 42.1 Å². The van der Waals surface area contributed by atoms with Gasteiger partial charge in [-0.2, -0.15) is 20.5 Å². The molecule has 0 aliphatic rings. The molecule has 0 radical (unpaired) electrons. The predicted octanol–water partition coefficient (Wildman–Crippen LogP) is 11.0. The molecule has 30 heteroatoms. The number of benzene rings is 4. The maximum atomic E-state index is 12.6. The molecule has 0 fully saturated rings. The van der Waals surface area contributed by atoms with Crippen LogP contribution in [0.5, 0.6) is 0 Å². The number of rotatable bonds is 41. The first-order valence-corrected chi connectivity index (χ1v) is 37.0. The molecule has 0 saturated carbocycles. The SMILES string of the molecule is C#CCNC(=O)C(CCCCN)NC(=O)CCSP(=O)(O)OCCCC(=O)c1ccc(N=Nc2ccc(N(C)C)cc2)cc1.C#CCNC(=O)C(CCCCNC(=O)OC(C)(C)C)NC(=O)CCSP(=O)(O)OCCCC(=O)c1ccc(N=Nc2ccc(N(C)C)cc2)cc1. The van der Waals surface area contributed by atoms with Crippen molar-refractivity contribution in [3.63, 3.8) is 0 Å². The third-order valence-corrected chi connectivity index (χ3v) is 19.1. The van der Waals surface area contributed by atoms with Crippen LogP contribution in [0.1, 0.15) is 119 Å². The first-order valence-electron chi connectivity index (χ1n) is 30.7. The Bertz CT molecular complexity index is 3320. The fourth-order valence-corrected chi connectivity index (χ4v) is 12.8. The fourth-order valence-electron chi connectivity index (χ4n) is 8.05. The van der Waals surface area contributed by atoms with Gasteiger partial charge in [0.1, 0.15) is 17.7 Å². The topological polar surface area (TPSA) is 364 Å². The van der Waals surface area contributed by atoms with Crippen molar-refractivity contribution in [2.75, 3.05) is 88.9 Å². The summed E-state index contributed by atoms with van der Waals surface area (Å²) < 4.78 is 40.2. The van der Waals surface area contributed by atoms with Crippen LogP contribution in [0.3, 0.4) is 0 Å². The number of unbranched alkanes of at least 4 members (excludes halogenated alkanes) is 2. The lowest BCUT2D eigenvalue weighted by molar-refractivity contribution is -0.128. The Hall–Kier alpha value is -7.75. The summed E-state index contributed by atoms with van der Waals surface area (Å²) in [5.74, 6) is 2.50. The molecule has 4 aromatic carbocycles. The van der Waals surface area contributed by atoms with Gasteiger partial charge in [-0.05, 0) is 199 Å². The summed E-state index contributed by atoms with van der Waals surface area (Å²) in [4.78, 5) is 111. The molecule has 516 valence electrons. The number of alkyl carbamates (subject to hydrolysis) is 1. The van der Waals surface area contributed by atoms with Gasteiger partial charge < -0.3 is 65.7 Å². The smallest absolute Gasteiger partial charge is 0.407 e. The van der Waals surface area contributed by atoms with Gasteiger partial charge >= 0.3 is 19.7 Å². The Morgan fingerprint density at radius 2 is 0.905 bits per heavy atom. The van der Waals surface area contributed by atoms with E-state index in [0.717, 1.165) is 11.4 Å². The minimum absolute atomic E-state index is 0.00508. The van der Waals surface area contributed by atoms with E-state index in [9.17, 15) is 52.5 Å². The summed E-state index contributed by atoms with van der Waals surface area (Å²) >= 11 is 1.21. The number of carbonyl (C=O) groups excluding carboxylic acids is 7. The Kier molecular flexibility index (Phi) is 37.8. The molecule has 26 nitrogen and oxygen atoms in total. The summed E-state index contributed by atoms with van der Waals surface area (Å²) in [6, 6.07) is 27.0. The third kappa shape index (κ3) is 36.1. The van der Waals surface area contributed by atoms with E-state index in [-0.39, 0.29) is 94.3 Å². The molecule has 4 aromatic rings. The number of ketones is 2. The van der Waals surface area contributed by atoms with Crippen LogP contribution in [0.2, 0.25) is 0 Å². The van der Waals surface area contributed by atoms with Crippen molar-refractivity contribution in [1.29, 1.82) is 0 Å².